The number of nitrogens with zero attached hydrogens (tertiary/aromatic N) is 1. The zero-order chi connectivity index (χ0) is 24.3. The van der Waals surface area contributed by atoms with E-state index in [0.29, 0.717) is 16.4 Å². The highest BCUT2D eigenvalue weighted by Crippen LogP contribution is 2.31. The molecular weight excluding hydrogens is 472 g/mol. The molecule has 0 aliphatic carbocycles. The van der Waals surface area contributed by atoms with Crippen LogP contribution < -0.4 is 14.4 Å². The lowest BCUT2D eigenvalue weighted by Gasteiger charge is -2.25. The zero-order valence-corrected chi connectivity index (χ0v) is 20.2. The molecule has 4 aromatic rings. The van der Waals surface area contributed by atoms with Crippen molar-refractivity contribution in [3.63, 3.8) is 0 Å². The van der Waals surface area contributed by atoms with Crippen LogP contribution in [0, 0.1) is 6.92 Å². The first-order valence-electron chi connectivity index (χ1n) is 10.5. The maximum atomic E-state index is 13.8. The molecule has 0 aliphatic heterocycles. The standard InChI is InChI=1S/C26H23ClN2O4S/c1-18-10-15-24(33-2)25(16-18)34(31,32)29(21-13-11-20(27)12-14-21)17-26(30)28-23-9-5-7-19-6-3-4-8-22(19)23/h3-16H,17H2,1-2H3,(H,28,30). The van der Waals surface area contributed by atoms with Crippen molar-refractivity contribution in [1.82, 2.24) is 0 Å². The second-order valence-electron chi connectivity index (χ2n) is 7.72. The molecule has 6 nitrogen and oxygen atoms in total. The predicted octanol–water partition coefficient (Wildman–Crippen LogP) is 5.64. The number of carbonyl (C=O) groups excluding carboxylic acids is 1. The summed E-state index contributed by atoms with van der Waals surface area (Å²) in [5, 5.41) is 5.14. The van der Waals surface area contributed by atoms with Crippen molar-refractivity contribution in [3.8, 4) is 5.75 Å². The Kier molecular flexibility index (Phi) is 6.77. The first-order valence-corrected chi connectivity index (χ1v) is 12.3. The third-order valence-electron chi connectivity index (χ3n) is 5.35. The highest BCUT2D eigenvalue weighted by atomic mass is 35.5. The fourth-order valence-corrected chi connectivity index (χ4v) is 5.47. The average molecular weight is 495 g/mol. The molecule has 0 unspecified atom stereocenters. The molecule has 8 heteroatoms. The van der Waals surface area contributed by atoms with Crippen LogP contribution in [0.4, 0.5) is 11.4 Å². The number of fused-ring (bicyclic) bond motifs is 1. The molecule has 0 spiro atoms. The number of rotatable bonds is 7. The molecule has 0 radical (unpaired) electrons. The van der Waals surface area contributed by atoms with Gasteiger partial charge in [0.2, 0.25) is 5.91 Å². The number of methoxy groups -OCH3 is 1. The molecule has 0 heterocycles. The molecule has 174 valence electrons. The number of nitrogens with one attached hydrogen (secondary N) is 1. The van der Waals surface area contributed by atoms with Crippen molar-refractivity contribution in [2.75, 3.05) is 23.3 Å². The summed E-state index contributed by atoms with van der Waals surface area (Å²) < 4.78 is 33.9. The minimum Gasteiger partial charge on any atom is -0.495 e. The molecule has 34 heavy (non-hydrogen) atoms. The largest absolute Gasteiger partial charge is 0.495 e. The van der Waals surface area contributed by atoms with Crippen LogP contribution in [0.2, 0.25) is 5.02 Å². The molecule has 1 N–H and O–H groups in total. The van der Waals surface area contributed by atoms with Gasteiger partial charge in [-0.1, -0.05) is 54.1 Å². The number of ether oxygens (including phenoxy) is 1. The first kappa shape index (κ1) is 23.6. The summed E-state index contributed by atoms with van der Waals surface area (Å²) in [6, 6.07) is 24.4. The Morgan fingerprint density at radius 3 is 2.41 bits per heavy atom. The molecule has 4 aromatic carbocycles. The van der Waals surface area contributed by atoms with Gasteiger partial charge in [0.05, 0.1) is 12.8 Å². The summed E-state index contributed by atoms with van der Waals surface area (Å²) in [7, 11) is -2.75. The zero-order valence-electron chi connectivity index (χ0n) is 18.7. The molecular formula is C26H23ClN2O4S. The van der Waals surface area contributed by atoms with Crippen LogP contribution in [-0.2, 0) is 14.8 Å². The van der Waals surface area contributed by atoms with E-state index in [1.165, 1.54) is 13.2 Å². The molecule has 4 rings (SSSR count). The maximum Gasteiger partial charge on any atom is 0.268 e. The highest BCUT2D eigenvalue weighted by Gasteiger charge is 2.30. The first-order chi connectivity index (χ1) is 16.3. The number of benzene rings is 4. The fourth-order valence-electron chi connectivity index (χ4n) is 3.68. The van der Waals surface area contributed by atoms with Gasteiger partial charge >= 0.3 is 0 Å². The van der Waals surface area contributed by atoms with Crippen LogP contribution in [0.5, 0.6) is 5.75 Å². The molecule has 0 aromatic heterocycles. The molecule has 0 fully saturated rings. The number of hydrogen-bond donors (Lipinski definition) is 1. The summed E-state index contributed by atoms with van der Waals surface area (Å²) in [4.78, 5) is 13.1. The second-order valence-corrected chi connectivity index (χ2v) is 9.98. The van der Waals surface area contributed by atoms with Crippen molar-refractivity contribution in [1.29, 1.82) is 0 Å². The van der Waals surface area contributed by atoms with E-state index in [4.69, 9.17) is 16.3 Å². The number of carbonyl (C=O) groups is 1. The smallest absolute Gasteiger partial charge is 0.268 e. The van der Waals surface area contributed by atoms with Crippen molar-refractivity contribution >= 4 is 49.7 Å². The lowest BCUT2D eigenvalue weighted by atomic mass is 10.1. The Morgan fingerprint density at radius 1 is 0.971 bits per heavy atom. The number of amides is 1. The number of anilines is 2. The minimum atomic E-state index is -4.16. The lowest BCUT2D eigenvalue weighted by molar-refractivity contribution is -0.114. The SMILES string of the molecule is COc1ccc(C)cc1S(=O)(=O)N(CC(=O)Nc1cccc2ccccc12)c1ccc(Cl)cc1. The molecule has 0 saturated carbocycles. The number of aryl methyl sites for hydroxylation is 1. The third-order valence-corrected chi connectivity index (χ3v) is 7.40. The van der Waals surface area contributed by atoms with Crippen LogP contribution in [0.1, 0.15) is 5.56 Å². The topological polar surface area (TPSA) is 75.7 Å². The van der Waals surface area contributed by atoms with Crippen molar-refractivity contribution in [3.05, 3.63) is 95.5 Å². The van der Waals surface area contributed by atoms with Gasteiger partial charge in [0.1, 0.15) is 17.2 Å². The highest BCUT2D eigenvalue weighted by molar-refractivity contribution is 7.93. The van der Waals surface area contributed by atoms with Crippen LogP contribution >= 0.6 is 11.6 Å². The molecule has 1 amide bonds. The van der Waals surface area contributed by atoms with Gasteiger partial charge in [0, 0.05) is 16.1 Å². The fraction of sp³-hybridized carbons (Fsp3) is 0.115. The average Bonchev–Trinajstić information content (AvgIpc) is 2.83. The van der Waals surface area contributed by atoms with Gasteiger partial charge in [-0.05, 0) is 60.3 Å². The summed E-state index contributed by atoms with van der Waals surface area (Å²) in [5.41, 5.74) is 1.65. The van der Waals surface area contributed by atoms with E-state index >= 15 is 0 Å². The van der Waals surface area contributed by atoms with E-state index in [0.717, 1.165) is 20.6 Å². The Hall–Kier alpha value is -3.55. The molecule has 0 aliphatic rings. The number of sulfonamides is 1. The Morgan fingerprint density at radius 2 is 1.68 bits per heavy atom. The molecule has 0 atom stereocenters. The third kappa shape index (κ3) is 4.85. The number of hydrogen-bond acceptors (Lipinski definition) is 4. The molecule has 0 saturated heterocycles. The Balaban J connectivity index is 1.73. The normalized spacial score (nSPS) is 11.3. The van der Waals surface area contributed by atoms with E-state index in [-0.39, 0.29) is 10.6 Å². The Bertz CT molecular complexity index is 1450. The van der Waals surface area contributed by atoms with Gasteiger partial charge < -0.3 is 10.1 Å². The van der Waals surface area contributed by atoms with Gasteiger partial charge in [0.15, 0.2) is 0 Å². The van der Waals surface area contributed by atoms with Crippen molar-refractivity contribution in [2.45, 2.75) is 11.8 Å². The van der Waals surface area contributed by atoms with E-state index in [1.807, 2.05) is 36.4 Å². The molecule has 0 bridgehead atoms. The van der Waals surface area contributed by atoms with Gasteiger partial charge in [-0.25, -0.2) is 8.42 Å². The van der Waals surface area contributed by atoms with Crippen molar-refractivity contribution < 1.29 is 17.9 Å². The lowest BCUT2D eigenvalue weighted by Crippen LogP contribution is -2.38. The van der Waals surface area contributed by atoms with Crippen LogP contribution in [0.3, 0.4) is 0 Å². The van der Waals surface area contributed by atoms with E-state index in [9.17, 15) is 13.2 Å². The summed E-state index contributed by atoms with van der Waals surface area (Å²) in [6.45, 7) is 1.35. The van der Waals surface area contributed by atoms with Gasteiger partial charge in [0.25, 0.3) is 10.0 Å². The van der Waals surface area contributed by atoms with E-state index < -0.39 is 22.5 Å². The Labute approximate surface area is 203 Å². The van der Waals surface area contributed by atoms with Gasteiger partial charge in [-0.15, -0.1) is 0 Å². The summed E-state index contributed by atoms with van der Waals surface area (Å²) in [5.74, 6) is -0.291. The van der Waals surface area contributed by atoms with Gasteiger partial charge in [-0.3, -0.25) is 9.10 Å². The van der Waals surface area contributed by atoms with E-state index in [1.54, 1.807) is 49.4 Å². The minimum absolute atomic E-state index is 0.0251. The monoisotopic (exact) mass is 494 g/mol. The van der Waals surface area contributed by atoms with Crippen LogP contribution in [0.15, 0.2) is 89.8 Å². The van der Waals surface area contributed by atoms with Crippen molar-refractivity contribution in [2.24, 2.45) is 0 Å². The van der Waals surface area contributed by atoms with Gasteiger partial charge in [-0.2, -0.15) is 0 Å². The maximum absolute atomic E-state index is 13.8. The summed E-state index contributed by atoms with van der Waals surface area (Å²) >= 11 is 6.02. The van der Waals surface area contributed by atoms with E-state index in [2.05, 4.69) is 5.32 Å². The van der Waals surface area contributed by atoms with Crippen LogP contribution in [0.25, 0.3) is 10.8 Å². The quantitative estimate of drug-likeness (QED) is 0.360. The second kappa shape index (κ2) is 9.75. The summed E-state index contributed by atoms with van der Waals surface area (Å²) in [6.07, 6.45) is 0. The van der Waals surface area contributed by atoms with Crippen LogP contribution in [-0.4, -0.2) is 28.0 Å². The number of halogens is 1. The predicted molar refractivity (Wildman–Crippen MR) is 136 cm³/mol.